The molecule has 1 amide bonds. The second-order valence-corrected chi connectivity index (χ2v) is 5.13. The van der Waals surface area contributed by atoms with Gasteiger partial charge >= 0.3 is 5.97 Å². The molecular formula is C15H19NO3. The van der Waals surface area contributed by atoms with E-state index in [-0.39, 0.29) is 5.91 Å². The number of carboxylic acid groups (broad SMARTS) is 1. The average molecular weight is 261 g/mol. The van der Waals surface area contributed by atoms with Gasteiger partial charge in [-0.3, -0.25) is 4.79 Å². The van der Waals surface area contributed by atoms with E-state index in [2.05, 4.69) is 5.32 Å². The summed E-state index contributed by atoms with van der Waals surface area (Å²) in [7, 11) is 0. The molecule has 19 heavy (non-hydrogen) atoms. The quantitative estimate of drug-likeness (QED) is 0.853. The lowest BCUT2D eigenvalue weighted by atomic mass is 9.97. The predicted octanol–water partition coefficient (Wildman–Crippen LogP) is 2.13. The molecule has 2 N–H and O–H groups in total. The number of benzene rings is 1. The fraction of sp³-hybridized carbons (Fsp3) is 0.467. The van der Waals surface area contributed by atoms with Crippen molar-refractivity contribution in [1.29, 1.82) is 0 Å². The zero-order valence-electron chi connectivity index (χ0n) is 10.9. The molecule has 1 aromatic rings. The lowest BCUT2D eigenvalue weighted by Crippen LogP contribution is -2.52. The van der Waals surface area contributed by atoms with Crippen molar-refractivity contribution >= 4 is 11.9 Å². The molecule has 1 fully saturated rings. The Bertz CT molecular complexity index is 450. The van der Waals surface area contributed by atoms with Gasteiger partial charge in [0.1, 0.15) is 5.54 Å². The number of carboxylic acids is 1. The van der Waals surface area contributed by atoms with Crippen LogP contribution in [0.3, 0.4) is 0 Å². The lowest BCUT2D eigenvalue weighted by Gasteiger charge is -2.25. The van der Waals surface area contributed by atoms with E-state index in [0.717, 1.165) is 18.4 Å². The van der Waals surface area contributed by atoms with E-state index in [1.54, 1.807) is 0 Å². The maximum atomic E-state index is 11.9. The molecule has 102 valence electrons. The third-order valence-corrected chi connectivity index (χ3v) is 3.73. The molecule has 0 bridgehead atoms. The van der Waals surface area contributed by atoms with Gasteiger partial charge in [0.15, 0.2) is 0 Å². The Morgan fingerprint density at radius 3 is 2.37 bits per heavy atom. The summed E-state index contributed by atoms with van der Waals surface area (Å²) in [5.74, 6) is -1.08. The van der Waals surface area contributed by atoms with Crippen molar-refractivity contribution in [2.75, 3.05) is 0 Å². The van der Waals surface area contributed by atoms with Gasteiger partial charge in [0.25, 0.3) is 0 Å². The summed E-state index contributed by atoms with van der Waals surface area (Å²) in [4.78, 5) is 23.2. The van der Waals surface area contributed by atoms with Crippen molar-refractivity contribution in [3.8, 4) is 0 Å². The van der Waals surface area contributed by atoms with Crippen LogP contribution in [-0.4, -0.2) is 22.5 Å². The molecule has 0 unspecified atom stereocenters. The van der Waals surface area contributed by atoms with Crippen molar-refractivity contribution in [1.82, 2.24) is 5.32 Å². The van der Waals surface area contributed by atoms with E-state index in [0.29, 0.717) is 25.7 Å². The molecule has 0 aliphatic heterocycles. The number of carbonyl (C=O) groups excluding carboxylic acids is 1. The van der Waals surface area contributed by atoms with E-state index >= 15 is 0 Å². The van der Waals surface area contributed by atoms with Crippen molar-refractivity contribution in [2.45, 2.75) is 44.1 Å². The van der Waals surface area contributed by atoms with Gasteiger partial charge in [0, 0.05) is 6.42 Å². The zero-order chi connectivity index (χ0) is 13.7. The predicted molar refractivity (Wildman–Crippen MR) is 71.7 cm³/mol. The van der Waals surface area contributed by atoms with E-state index in [1.807, 2.05) is 30.3 Å². The Hall–Kier alpha value is -1.84. The SMILES string of the molecule is O=C(CCc1ccccc1)NC1(C(=O)O)CCCC1. The van der Waals surface area contributed by atoms with Crippen LogP contribution in [0.2, 0.25) is 0 Å². The number of nitrogens with one attached hydrogen (secondary N) is 1. The van der Waals surface area contributed by atoms with Crippen LogP contribution in [0, 0.1) is 0 Å². The second kappa shape index (κ2) is 5.87. The number of carbonyl (C=O) groups is 2. The monoisotopic (exact) mass is 261 g/mol. The normalized spacial score (nSPS) is 17.1. The van der Waals surface area contributed by atoms with Gasteiger partial charge in [-0.25, -0.2) is 4.79 Å². The van der Waals surface area contributed by atoms with Crippen LogP contribution in [0.15, 0.2) is 30.3 Å². The van der Waals surface area contributed by atoms with Gasteiger partial charge < -0.3 is 10.4 Å². The Kier molecular flexibility index (Phi) is 4.20. The average Bonchev–Trinajstić information content (AvgIpc) is 2.87. The molecule has 1 aliphatic rings. The van der Waals surface area contributed by atoms with Crippen LogP contribution in [0.25, 0.3) is 0 Å². The Morgan fingerprint density at radius 1 is 1.16 bits per heavy atom. The van der Waals surface area contributed by atoms with E-state index in [1.165, 1.54) is 0 Å². The van der Waals surface area contributed by atoms with Crippen molar-refractivity contribution < 1.29 is 14.7 Å². The molecule has 1 saturated carbocycles. The van der Waals surface area contributed by atoms with Crippen LogP contribution < -0.4 is 5.32 Å². The molecule has 0 aromatic heterocycles. The van der Waals surface area contributed by atoms with E-state index in [4.69, 9.17) is 0 Å². The smallest absolute Gasteiger partial charge is 0.329 e. The summed E-state index contributed by atoms with van der Waals surface area (Å²) in [6, 6.07) is 9.74. The highest BCUT2D eigenvalue weighted by Gasteiger charge is 2.42. The number of rotatable bonds is 5. The molecule has 4 nitrogen and oxygen atoms in total. The van der Waals surface area contributed by atoms with Crippen LogP contribution >= 0.6 is 0 Å². The number of aryl methyl sites for hydroxylation is 1. The molecule has 0 atom stereocenters. The standard InChI is InChI=1S/C15H19NO3/c17-13(9-8-12-6-2-1-3-7-12)16-15(14(18)19)10-4-5-11-15/h1-3,6-7H,4-5,8-11H2,(H,16,17)(H,18,19). The minimum atomic E-state index is -1.02. The number of aliphatic carboxylic acids is 1. The van der Waals surface area contributed by atoms with Gasteiger partial charge in [-0.05, 0) is 24.8 Å². The van der Waals surface area contributed by atoms with Crippen LogP contribution in [0.5, 0.6) is 0 Å². The third kappa shape index (κ3) is 3.34. The maximum Gasteiger partial charge on any atom is 0.329 e. The molecular weight excluding hydrogens is 242 g/mol. The topological polar surface area (TPSA) is 66.4 Å². The first-order valence-electron chi connectivity index (χ1n) is 6.71. The maximum absolute atomic E-state index is 11.9. The molecule has 0 spiro atoms. The fourth-order valence-electron chi connectivity index (χ4n) is 2.60. The van der Waals surface area contributed by atoms with Gasteiger partial charge in [-0.1, -0.05) is 43.2 Å². The first-order valence-corrected chi connectivity index (χ1v) is 6.71. The molecule has 0 heterocycles. The number of hydrogen-bond donors (Lipinski definition) is 2. The van der Waals surface area contributed by atoms with E-state index < -0.39 is 11.5 Å². The van der Waals surface area contributed by atoms with Crippen molar-refractivity contribution in [2.24, 2.45) is 0 Å². The molecule has 0 radical (unpaired) electrons. The van der Waals surface area contributed by atoms with Crippen LogP contribution in [0.4, 0.5) is 0 Å². The van der Waals surface area contributed by atoms with Crippen LogP contribution in [0.1, 0.15) is 37.7 Å². The first-order chi connectivity index (χ1) is 9.12. The summed E-state index contributed by atoms with van der Waals surface area (Å²) in [5.41, 5.74) is 0.0711. The molecule has 2 rings (SSSR count). The highest BCUT2D eigenvalue weighted by molar-refractivity contribution is 5.87. The first kappa shape index (κ1) is 13.6. The van der Waals surface area contributed by atoms with Gasteiger partial charge in [0.2, 0.25) is 5.91 Å². The summed E-state index contributed by atoms with van der Waals surface area (Å²) >= 11 is 0. The summed E-state index contributed by atoms with van der Waals surface area (Å²) in [6.45, 7) is 0. The van der Waals surface area contributed by atoms with Gasteiger partial charge in [0.05, 0.1) is 0 Å². The second-order valence-electron chi connectivity index (χ2n) is 5.13. The van der Waals surface area contributed by atoms with Gasteiger partial charge in [-0.15, -0.1) is 0 Å². The van der Waals surface area contributed by atoms with Crippen molar-refractivity contribution in [3.63, 3.8) is 0 Å². The minimum absolute atomic E-state index is 0.173. The van der Waals surface area contributed by atoms with E-state index in [9.17, 15) is 14.7 Å². The third-order valence-electron chi connectivity index (χ3n) is 3.73. The molecule has 4 heteroatoms. The Labute approximate surface area is 112 Å². The summed E-state index contributed by atoms with van der Waals surface area (Å²) in [6.07, 6.45) is 3.79. The largest absolute Gasteiger partial charge is 0.480 e. The summed E-state index contributed by atoms with van der Waals surface area (Å²) in [5, 5.41) is 12.0. The Balaban J connectivity index is 1.88. The Morgan fingerprint density at radius 2 is 1.79 bits per heavy atom. The molecule has 0 saturated heterocycles. The molecule has 1 aliphatic carbocycles. The summed E-state index contributed by atoms with van der Waals surface area (Å²) < 4.78 is 0. The number of hydrogen-bond acceptors (Lipinski definition) is 2. The number of amides is 1. The van der Waals surface area contributed by atoms with Crippen LogP contribution in [-0.2, 0) is 16.0 Å². The van der Waals surface area contributed by atoms with Crippen molar-refractivity contribution in [3.05, 3.63) is 35.9 Å². The highest BCUT2D eigenvalue weighted by Crippen LogP contribution is 2.30. The van der Waals surface area contributed by atoms with Gasteiger partial charge in [-0.2, -0.15) is 0 Å². The minimum Gasteiger partial charge on any atom is -0.480 e. The highest BCUT2D eigenvalue weighted by atomic mass is 16.4. The molecule has 1 aromatic carbocycles. The fourth-order valence-corrected chi connectivity index (χ4v) is 2.60. The lowest BCUT2D eigenvalue weighted by molar-refractivity contribution is -0.147. The zero-order valence-corrected chi connectivity index (χ0v) is 10.9.